The number of esters is 1. The normalized spacial score (nSPS) is 10.3. The van der Waals surface area contributed by atoms with E-state index in [0.29, 0.717) is 30.0 Å². The van der Waals surface area contributed by atoms with Crippen LogP contribution >= 0.6 is 0 Å². The largest absolute Gasteiger partial charge is 0.452 e. The molecule has 1 amide bonds. The molecule has 2 aromatic rings. The molecule has 0 fully saturated rings. The maximum absolute atomic E-state index is 12.2. The van der Waals surface area contributed by atoms with Crippen LogP contribution in [0.4, 0.5) is 0 Å². The van der Waals surface area contributed by atoms with Crippen LogP contribution in [-0.2, 0) is 16.0 Å². The number of rotatable bonds is 7. The summed E-state index contributed by atoms with van der Waals surface area (Å²) in [5.74, 6) is -0.241. The lowest BCUT2D eigenvalue weighted by Crippen LogP contribution is -2.29. The lowest BCUT2D eigenvalue weighted by atomic mass is 10.2. The van der Waals surface area contributed by atoms with Crippen molar-refractivity contribution in [2.75, 3.05) is 13.2 Å². The Morgan fingerprint density at radius 1 is 1.30 bits per heavy atom. The minimum Gasteiger partial charge on any atom is -0.452 e. The van der Waals surface area contributed by atoms with Gasteiger partial charge in [0.25, 0.3) is 5.91 Å². The van der Waals surface area contributed by atoms with Crippen molar-refractivity contribution >= 4 is 11.9 Å². The Hall–Kier alpha value is -2.70. The van der Waals surface area contributed by atoms with Gasteiger partial charge in [0.05, 0.1) is 11.9 Å². The third kappa shape index (κ3) is 4.15. The number of amides is 1. The number of nitrogens with zero attached hydrogens (tertiary/aromatic N) is 3. The van der Waals surface area contributed by atoms with E-state index in [4.69, 9.17) is 4.74 Å². The summed E-state index contributed by atoms with van der Waals surface area (Å²) in [7, 11) is 0. The summed E-state index contributed by atoms with van der Waals surface area (Å²) in [6.07, 6.45) is 4.52. The Morgan fingerprint density at radius 2 is 2.13 bits per heavy atom. The van der Waals surface area contributed by atoms with Gasteiger partial charge in [-0.15, -0.1) is 0 Å². The first kappa shape index (κ1) is 16.7. The summed E-state index contributed by atoms with van der Waals surface area (Å²) in [6, 6.07) is 5.46. The van der Waals surface area contributed by atoms with E-state index in [1.165, 1.54) is 6.20 Å². The molecular weight excluding hydrogens is 296 g/mol. The zero-order valence-electron chi connectivity index (χ0n) is 13.3. The summed E-state index contributed by atoms with van der Waals surface area (Å²) in [5, 5.41) is 6.86. The van der Waals surface area contributed by atoms with E-state index in [1.54, 1.807) is 16.9 Å². The van der Waals surface area contributed by atoms with Gasteiger partial charge in [-0.25, -0.2) is 14.5 Å². The van der Waals surface area contributed by atoms with Gasteiger partial charge >= 0.3 is 5.97 Å². The van der Waals surface area contributed by atoms with Crippen LogP contribution in [0.1, 0.15) is 36.3 Å². The number of nitrogens with one attached hydrogen (secondary N) is 1. The van der Waals surface area contributed by atoms with Crippen LogP contribution in [0.25, 0.3) is 5.82 Å². The van der Waals surface area contributed by atoms with Crippen LogP contribution in [-0.4, -0.2) is 39.8 Å². The summed E-state index contributed by atoms with van der Waals surface area (Å²) in [4.78, 5) is 27.9. The third-order valence-corrected chi connectivity index (χ3v) is 3.20. The van der Waals surface area contributed by atoms with Crippen LogP contribution in [0, 0.1) is 0 Å². The van der Waals surface area contributed by atoms with E-state index in [-0.39, 0.29) is 12.5 Å². The summed E-state index contributed by atoms with van der Waals surface area (Å²) >= 11 is 0. The third-order valence-electron chi connectivity index (χ3n) is 3.20. The first-order valence-electron chi connectivity index (χ1n) is 7.59. The topological polar surface area (TPSA) is 86.1 Å². The van der Waals surface area contributed by atoms with Crippen LogP contribution in [0.2, 0.25) is 0 Å². The number of aromatic nitrogens is 3. The molecule has 0 aliphatic heterocycles. The number of pyridine rings is 1. The highest BCUT2D eigenvalue weighted by Crippen LogP contribution is 2.15. The van der Waals surface area contributed by atoms with Crippen LogP contribution in [0.3, 0.4) is 0 Å². The van der Waals surface area contributed by atoms with Crippen LogP contribution < -0.4 is 5.32 Å². The monoisotopic (exact) mass is 316 g/mol. The number of ether oxygens (including phenoxy) is 1. The molecule has 0 radical (unpaired) electrons. The van der Waals surface area contributed by atoms with Gasteiger partial charge in [0, 0.05) is 12.7 Å². The van der Waals surface area contributed by atoms with E-state index in [1.807, 2.05) is 26.0 Å². The Bertz CT molecular complexity index is 667. The summed E-state index contributed by atoms with van der Waals surface area (Å²) < 4.78 is 6.66. The van der Waals surface area contributed by atoms with Gasteiger partial charge in [-0.3, -0.25) is 4.79 Å². The molecule has 7 nitrogen and oxygen atoms in total. The van der Waals surface area contributed by atoms with Crippen molar-refractivity contribution in [3.8, 4) is 5.82 Å². The van der Waals surface area contributed by atoms with Gasteiger partial charge < -0.3 is 10.1 Å². The molecule has 0 bridgehead atoms. The number of hydrogen-bond donors (Lipinski definition) is 1. The molecule has 0 spiro atoms. The highest BCUT2D eigenvalue weighted by molar-refractivity contribution is 5.92. The fourth-order valence-electron chi connectivity index (χ4n) is 2.09. The second-order valence-electron chi connectivity index (χ2n) is 4.88. The van der Waals surface area contributed by atoms with E-state index in [9.17, 15) is 9.59 Å². The van der Waals surface area contributed by atoms with E-state index < -0.39 is 5.97 Å². The minimum atomic E-state index is -0.560. The number of carbonyl (C=O) groups is 2. The molecule has 7 heteroatoms. The molecule has 0 saturated heterocycles. The molecule has 0 unspecified atom stereocenters. The van der Waals surface area contributed by atoms with Crippen molar-refractivity contribution in [2.24, 2.45) is 0 Å². The predicted molar refractivity (Wildman–Crippen MR) is 84.3 cm³/mol. The van der Waals surface area contributed by atoms with Crippen molar-refractivity contribution in [1.29, 1.82) is 0 Å². The summed E-state index contributed by atoms with van der Waals surface area (Å²) in [5.41, 5.74) is 1.05. The molecule has 0 aromatic carbocycles. The van der Waals surface area contributed by atoms with Crippen molar-refractivity contribution < 1.29 is 14.3 Å². The molecule has 2 aromatic heterocycles. The second-order valence-corrected chi connectivity index (χ2v) is 4.88. The second kappa shape index (κ2) is 8.07. The average molecular weight is 316 g/mol. The standard InChI is InChI=1S/C16H20N4O3/c1-3-8-18-15(21)11-23-16(22)12-10-19-20(13(12)4-2)14-7-5-6-9-17-14/h5-7,9-10H,3-4,8,11H2,1-2H3,(H,18,21). The molecule has 0 aliphatic carbocycles. The lowest BCUT2D eigenvalue weighted by Gasteiger charge is -2.07. The van der Waals surface area contributed by atoms with Crippen molar-refractivity contribution in [3.63, 3.8) is 0 Å². The SMILES string of the molecule is CCCNC(=O)COC(=O)c1cnn(-c2ccccn2)c1CC. The van der Waals surface area contributed by atoms with Gasteiger partial charge in [0.15, 0.2) is 12.4 Å². The summed E-state index contributed by atoms with van der Waals surface area (Å²) in [6.45, 7) is 4.14. The fraction of sp³-hybridized carbons (Fsp3) is 0.375. The van der Waals surface area contributed by atoms with Gasteiger partial charge in [-0.2, -0.15) is 5.10 Å². The molecule has 2 rings (SSSR count). The lowest BCUT2D eigenvalue weighted by molar-refractivity contribution is -0.124. The predicted octanol–water partition coefficient (Wildman–Crippen LogP) is 1.51. The molecule has 0 atom stereocenters. The molecule has 0 saturated carbocycles. The average Bonchev–Trinajstić information content (AvgIpc) is 3.02. The number of carbonyl (C=O) groups excluding carboxylic acids is 2. The molecule has 23 heavy (non-hydrogen) atoms. The van der Waals surface area contributed by atoms with Gasteiger partial charge in [-0.05, 0) is 25.0 Å². The van der Waals surface area contributed by atoms with Crippen LogP contribution in [0.15, 0.2) is 30.6 Å². The quantitative estimate of drug-likeness (QED) is 0.783. The van der Waals surface area contributed by atoms with Gasteiger partial charge in [0.1, 0.15) is 5.56 Å². The molecule has 0 aliphatic rings. The van der Waals surface area contributed by atoms with E-state index in [0.717, 1.165) is 6.42 Å². The maximum atomic E-state index is 12.2. The van der Waals surface area contributed by atoms with Crippen molar-refractivity contribution in [1.82, 2.24) is 20.1 Å². The Labute approximate surface area is 134 Å². The first-order chi connectivity index (χ1) is 11.2. The first-order valence-corrected chi connectivity index (χ1v) is 7.59. The molecular formula is C16H20N4O3. The molecule has 122 valence electrons. The highest BCUT2D eigenvalue weighted by atomic mass is 16.5. The van der Waals surface area contributed by atoms with Crippen molar-refractivity contribution in [2.45, 2.75) is 26.7 Å². The van der Waals surface area contributed by atoms with Crippen molar-refractivity contribution in [3.05, 3.63) is 41.9 Å². The fourth-order valence-corrected chi connectivity index (χ4v) is 2.09. The minimum absolute atomic E-state index is 0.295. The van der Waals surface area contributed by atoms with E-state index >= 15 is 0 Å². The zero-order chi connectivity index (χ0) is 16.7. The highest BCUT2D eigenvalue weighted by Gasteiger charge is 2.19. The Balaban J connectivity index is 2.09. The molecule has 1 N–H and O–H groups in total. The smallest absolute Gasteiger partial charge is 0.342 e. The molecule has 2 heterocycles. The zero-order valence-corrected chi connectivity index (χ0v) is 13.3. The Morgan fingerprint density at radius 3 is 2.78 bits per heavy atom. The Kier molecular flexibility index (Phi) is 5.85. The van der Waals surface area contributed by atoms with Gasteiger partial charge in [-0.1, -0.05) is 19.9 Å². The maximum Gasteiger partial charge on any atom is 0.342 e. The van der Waals surface area contributed by atoms with Gasteiger partial charge in [0.2, 0.25) is 0 Å². The number of hydrogen-bond acceptors (Lipinski definition) is 5. The van der Waals surface area contributed by atoms with E-state index in [2.05, 4.69) is 15.4 Å². The van der Waals surface area contributed by atoms with Crippen LogP contribution in [0.5, 0.6) is 0 Å².